The molecule has 0 spiro atoms. The van der Waals surface area contributed by atoms with E-state index >= 15 is 0 Å². The summed E-state index contributed by atoms with van der Waals surface area (Å²) < 4.78 is 33.6. The van der Waals surface area contributed by atoms with Gasteiger partial charge in [-0.3, -0.25) is 14.0 Å². The fourth-order valence-electron chi connectivity index (χ4n) is 2.74. The quantitative estimate of drug-likeness (QED) is 0.139. The SMILES string of the molecule is CN(C)/N=C/c1ccc(OCOc2ccc(CCN(CP(=O)(O)O)CP(=O)(O)O)cc2)cc1. The van der Waals surface area contributed by atoms with Crippen molar-refractivity contribution in [1.29, 1.82) is 0 Å². The van der Waals surface area contributed by atoms with Crippen LogP contribution >= 0.6 is 15.2 Å². The van der Waals surface area contributed by atoms with E-state index in [1.54, 1.807) is 35.5 Å². The number of hydrogen-bond donors (Lipinski definition) is 4. The van der Waals surface area contributed by atoms with Crippen LogP contribution in [0.2, 0.25) is 0 Å². The molecule has 0 saturated carbocycles. The van der Waals surface area contributed by atoms with Gasteiger partial charge in [-0.15, -0.1) is 0 Å². The zero-order valence-electron chi connectivity index (χ0n) is 18.4. The molecule has 0 unspecified atom stereocenters. The maximum atomic E-state index is 11.2. The van der Waals surface area contributed by atoms with Crippen molar-refractivity contribution in [2.24, 2.45) is 5.10 Å². The van der Waals surface area contributed by atoms with E-state index in [0.29, 0.717) is 17.9 Å². The molecule has 0 aliphatic heterocycles. The Balaban J connectivity index is 1.82. The number of hydrazone groups is 1. The van der Waals surface area contributed by atoms with Gasteiger partial charge < -0.3 is 34.1 Å². The van der Waals surface area contributed by atoms with Crippen molar-refractivity contribution >= 4 is 21.4 Å². The van der Waals surface area contributed by atoms with Crippen LogP contribution in [-0.2, 0) is 15.6 Å². The van der Waals surface area contributed by atoms with Crippen LogP contribution < -0.4 is 9.47 Å². The minimum absolute atomic E-state index is 0.00281. The van der Waals surface area contributed by atoms with E-state index < -0.39 is 27.8 Å². The van der Waals surface area contributed by atoms with Crippen molar-refractivity contribution in [2.75, 3.05) is 40.0 Å². The van der Waals surface area contributed by atoms with Gasteiger partial charge in [-0.25, -0.2) is 0 Å². The van der Waals surface area contributed by atoms with Crippen LogP contribution in [0.15, 0.2) is 53.6 Å². The van der Waals surface area contributed by atoms with E-state index in [0.717, 1.165) is 16.0 Å². The van der Waals surface area contributed by atoms with Crippen LogP contribution in [0.5, 0.6) is 11.5 Å². The van der Waals surface area contributed by atoms with Crippen molar-refractivity contribution in [3.8, 4) is 11.5 Å². The molecule has 0 radical (unpaired) electrons. The molecule has 0 aromatic heterocycles. The van der Waals surface area contributed by atoms with Crippen LogP contribution in [0.3, 0.4) is 0 Å². The minimum Gasteiger partial charge on any atom is -0.458 e. The number of nitrogens with zero attached hydrogens (tertiary/aromatic N) is 3. The fraction of sp³-hybridized carbons (Fsp3) is 0.350. The van der Waals surface area contributed by atoms with E-state index in [2.05, 4.69) is 5.10 Å². The molecular weight excluding hydrogens is 472 g/mol. The number of rotatable bonds is 13. The molecule has 182 valence electrons. The molecule has 11 nitrogen and oxygen atoms in total. The third-order valence-electron chi connectivity index (χ3n) is 4.18. The molecule has 2 rings (SSSR count). The minimum atomic E-state index is -4.45. The molecule has 0 amide bonds. The van der Waals surface area contributed by atoms with E-state index in [9.17, 15) is 9.13 Å². The number of hydrogen-bond acceptors (Lipinski definition) is 7. The Morgan fingerprint density at radius 3 is 1.79 bits per heavy atom. The van der Waals surface area contributed by atoms with Crippen molar-refractivity contribution < 1.29 is 38.2 Å². The van der Waals surface area contributed by atoms with Gasteiger partial charge in [-0.2, -0.15) is 5.10 Å². The predicted molar refractivity (Wildman–Crippen MR) is 125 cm³/mol. The van der Waals surface area contributed by atoms with Gasteiger partial charge in [0, 0.05) is 20.6 Å². The Hall–Kier alpha value is -2.23. The number of ether oxygens (including phenoxy) is 2. The Labute approximate surface area is 192 Å². The summed E-state index contributed by atoms with van der Waals surface area (Å²) in [5.74, 6) is 1.21. The average Bonchev–Trinajstić information content (AvgIpc) is 2.70. The van der Waals surface area contributed by atoms with Crippen LogP contribution in [0.4, 0.5) is 0 Å². The second-order valence-corrected chi connectivity index (χ2v) is 10.7. The van der Waals surface area contributed by atoms with Gasteiger partial charge in [-0.1, -0.05) is 12.1 Å². The second-order valence-electron chi connectivity index (χ2n) is 7.47. The molecule has 0 heterocycles. The zero-order valence-corrected chi connectivity index (χ0v) is 20.2. The third kappa shape index (κ3) is 12.0. The maximum Gasteiger partial charge on any atom is 0.339 e. The smallest absolute Gasteiger partial charge is 0.339 e. The summed E-state index contributed by atoms with van der Waals surface area (Å²) in [6.07, 6.45) is 0.639. The van der Waals surface area contributed by atoms with Crippen molar-refractivity contribution in [3.05, 3.63) is 59.7 Å². The molecule has 0 saturated heterocycles. The second kappa shape index (κ2) is 12.3. The van der Waals surface area contributed by atoms with Crippen LogP contribution in [-0.4, -0.2) is 75.7 Å². The van der Waals surface area contributed by atoms with Gasteiger partial charge in [-0.05, 0) is 53.9 Å². The first-order valence-electron chi connectivity index (χ1n) is 9.87. The van der Waals surface area contributed by atoms with E-state index in [4.69, 9.17) is 29.0 Å². The predicted octanol–water partition coefficient (Wildman–Crippen LogP) is 2.11. The summed E-state index contributed by atoms with van der Waals surface area (Å²) in [6.45, 7) is 0.0810. The molecule has 0 atom stereocenters. The molecule has 2 aromatic carbocycles. The summed E-state index contributed by atoms with van der Waals surface area (Å²) in [4.78, 5) is 37.6. The molecule has 2 aromatic rings. The van der Waals surface area contributed by atoms with Gasteiger partial charge in [0.2, 0.25) is 6.79 Å². The van der Waals surface area contributed by atoms with E-state index in [1.807, 2.05) is 38.4 Å². The van der Waals surface area contributed by atoms with Gasteiger partial charge >= 0.3 is 15.2 Å². The first-order valence-corrected chi connectivity index (χ1v) is 13.5. The van der Waals surface area contributed by atoms with Gasteiger partial charge in [0.15, 0.2) is 0 Å². The van der Waals surface area contributed by atoms with Gasteiger partial charge in [0.05, 0.1) is 6.21 Å². The molecule has 0 bridgehead atoms. The molecule has 0 aliphatic rings. The fourth-order valence-corrected chi connectivity index (χ4v) is 4.43. The average molecular weight is 501 g/mol. The van der Waals surface area contributed by atoms with Gasteiger partial charge in [0.25, 0.3) is 0 Å². The maximum absolute atomic E-state index is 11.2. The lowest BCUT2D eigenvalue weighted by Crippen LogP contribution is -2.28. The highest BCUT2D eigenvalue weighted by molar-refractivity contribution is 7.52. The molecular formula is C20H29N3O8P2. The molecule has 0 aliphatic carbocycles. The molecule has 0 fully saturated rings. The van der Waals surface area contributed by atoms with Crippen LogP contribution in [0, 0.1) is 0 Å². The highest BCUT2D eigenvalue weighted by atomic mass is 31.2. The Bertz CT molecular complexity index is 963. The lowest BCUT2D eigenvalue weighted by molar-refractivity contribution is 0.120. The van der Waals surface area contributed by atoms with E-state index in [-0.39, 0.29) is 13.3 Å². The lowest BCUT2D eigenvalue weighted by Gasteiger charge is -2.22. The standard InChI is InChI=1S/C20H29N3O8P2/c1-22(2)21-13-18-5-9-20(10-6-18)31-16-30-19-7-3-17(4-8-19)11-12-23(14-32(24,25)26)15-33(27,28)29/h3-10,13H,11-12,14-16H2,1-2H3,(H2,24,25,26)(H2,27,28,29)/b21-13+. The van der Waals surface area contributed by atoms with Gasteiger partial charge in [0.1, 0.15) is 24.1 Å². The highest BCUT2D eigenvalue weighted by Crippen LogP contribution is 2.40. The highest BCUT2D eigenvalue weighted by Gasteiger charge is 2.25. The van der Waals surface area contributed by atoms with Crippen molar-refractivity contribution in [3.63, 3.8) is 0 Å². The van der Waals surface area contributed by atoms with Crippen molar-refractivity contribution in [2.45, 2.75) is 6.42 Å². The summed E-state index contributed by atoms with van der Waals surface area (Å²) >= 11 is 0. The lowest BCUT2D eigenvalue weighted by atomic mass is 10.1. The van der Waals surface area contributed by atoms with Crippen molar-refractivity contribution in [1.82, 2.24) is 9.91 Å². The molecule has 4 N–H and O–H groups in total. The monoisotopic (exact) mass is 501 g/mol. The number of benzene rings is 2. The summed E-state index contributed by atoms with van der Waals surface area (Å²) in [6, 6.07) is 14.3. The Morgan fingerprint density at radius 1 is 0.848 bits per heavy atom. The summed E-state index contributed by atoms with van der Waals surface area (Å²) in [5.41, 5.74) is 1.76. The summed E-state index contributed by atoms with van der Waals surface area (Å²) in [5, 5.41) is 5.86. The first kappa shape index (κ1) is 27.0. The topological polar surface area (TPSA) is 152 Å². The molecule has 33 heavy (non-hydrogen) atoms. The summed E-state index contributed by atoms with van der Waals surface area (Å²) in [7, 11) is -5.21. The molecule has 13 heteroatoms. The Morgan fingerprint density at radius 2 is 1.33 bits per heavy atom. The van der Waals surface area contributed by atoms with Crippen LogP contribution in [0.1, 0.15) is 11.1 Å². The Kier molecular flexibility index (Phi) is 10.1. The third-order valence-corrected chi connectivity index (χ3v) is 5.71. The zero-order chi connectivity index (χ0) is 24.5. The normalized spacial score (nSPS) is 12.3. The van der Waals surface area contributed by atoms with E-state index in [1.165, 1.54) is 0 Å². The largest absolute Gasteiger partial charge is 0.458 e. The van der Waals surface area contributed by atoms with Crippen LogP contribution in [0.25, 0.3) is 0 Å². The first-order chi connectivity index (χ1) is 15.4.